The van der Waals surface area contributed by atoms with Gasteiger partial charge in [0.15, 0.2) is 0 Å². The minimum absolute atomic E-state index is 0.246. The maximum absolute atomic E-state index is 8.72. The summed E-state index contributed by atoms with van der Waals surface area (Å²) < 4.78 is 5.68. The number of aliphatic hydroxyl groups is 1. The highest BCUT2D eigenvalue weighted by molar-refractivity contribution is 5.34. The first-order valence-corrected chi connectivity index (χ1v) is 6.61. The first-order valence-electron chi connectivity index (χ1n) is 6.61. The van der Waals surface area contributed by atoms with E-state index in [0.29, 0.717) is 6.42 Å². The average Bonchev–Trinajstić information content (AvgIpc) is 2.88. The van der Waals surface area contributed by atoms with Crippen LogP contribution in [-0.4, -0.2) is 11.7 Å². The normalized spacial score (nSPS) is 9.95. The molecule has 0 bridgehead atoms. The first kappa shape index (κ1) is 13.5. The molecule has 2 rings (SSSR count). The summed E-state index contributed by atoms with van der Waals surface area (Å²) in [5, 5.41) is 8.72. The molecule has 1 aromatic carbocycles. The van der Waals surface area contributed by atoms with Crippen molar-refractivity contribution in [1.82, 2.24) is 0 Å². The van der Waals surface area contributed by atoms with E-state index >= 15 is 0 Å². The molecule has 19 heavy (non-hydrogen) atoms. The molecule has 0 unspecified atom stereocenters. The zero-order valence-corrected chi connectivity index (χ0v) is 10.9. The number of unbranched alkanes of at least 4 members (excludes halogenated alkanes) is 1. The Morgan fingerprint density at radius 1 is 0.947 bits per heavy atom. The van der Waals surface area contributed by atoms with E-state index in [-0.39, 0.29) is 6.61 Å². The van der Waals surface area contributed by atoms with Crippen LogP contribution < -0.4 is 0 Å². The maximum Gasteiger partial charge on any atom is 0.116 e. The van der Waals surface area contributed by atoms with Gasteiger partial charge in [0.1, 0.15) is 11.5 Å². The molecule has 0 amide bonds. The minimum atomic E-state index is 0.246. The van der Waals surface area contributed by atoms with E-state index in [1.54, 1.807) is 0 Å². The second-order valence-electron chi connectivity index (χ2n) is 4.39. The van der Waals surface area contributed by atoms with Crippen molar-refractivity contribution in [2.45, 2.75) is 25.7 Å². The zero-order valence-electron chi connectivity index (χ0n) is 10.9. The van der Waals surface area contributed by atoms with Gasteiger partial charge in [0.05, 0.1) is 6.42 Å². The highest BCUT2D eigenvalue weighted by atomic mass is 16.3. The molecule has 2 nitrogen and oxygen atoms in total. The van der Waals surface area contributed by atoms with E-state index < -0.39 is 0 Å². The van der Waals surface area contributed by atoms with Crippen LogP contribution in [0, 0.1) is 11.8 Å². The third kappa shape index (κ3) is 4.65. The van der Waals surface area contributed by atoms with Crippen molar-refractivity contribution in [3.63, 3.8) is 0 Å². The highest BCUT2D eigenvalue weighted by Crippen LogP contribution is 2.11. The van der Waals surface area contributed by atoms with Crippen molar-refractivity contribution in [1.29, 1.82) is 0 Å². The summed E-state index contributed by atoms with van der Waals surface area (Å²) in [5.74, 6) is 8.11. The molecule has 0 aliphatic rings. The van der Waals surface area contributed by atoms with E-state index in [1.807, 2.05) is 42.5 Å². The molecule has 1 aromatic heterocycles. The molecule has 0 aliphatic heterocycles. The largest absolute Gasteiger partial charge is 0.465 e. The Bertz CT molecular complexity index is 543. The number of hydrogen-bond acceptors (Lipinski definition) is 2. The van der Waals surface area contributed by atoms with Crippen LogP contribution in [0.5, 0.6) is 0 Å². The van der Waals surface area contributed by atoms with Crippen LogP contribution in [0.25, 0.3) is 0 Å². The van der Waals surface area contributed by atoms with E-state index in [1.165, 1.54) is 0 Å². The third-order valence-corrected chi connectivity index (χ3v) is 2.82. The molecule has 0 radical (unpaired) electrons. The molecular formula is C17H18O2. The zero-order chi connectivity index (χ0) is 13.3. The number of hydrogen-bond donors (Lipinski definition) is 1. The average molecular weight is 254 g/mol. The lowest BCUT2D eigenvalue weighted by atomic mass is 10.2. The Morgan fingerprint density at radius 3 is 2.53 bits per heavy atom. The van der Waals surface area contributed by atoms with E-state index in [9.17, 15) is 0 Å². The lowest BCUT2D eigenvalue weighted by molar-refractivity contribution is 0.283. The molecule has 0 aliphatic carbocycles. The Balaban J connectivity index is 1.85. The topological polar surface area (TPSA) is 33.4 Å². The summed E-state index contributed by atoms with van der Waals surface area (Å²) in [6, 6.07) is 13.9. The molecule has 2 aromatic rings. The van der Waals surface area contributed by atoms with Crippen molar-refractivity contribution in [3.8, 4) is 11.8 Å². The highest BCUT2D eigenvalue weighted by Gasteiger charge is 2.00. The van der Waals surface area contributed by atoms with Gasteiger partial charge >= 0.3 is 0 Å². The fourth-order valence-corrected chi connectivity index (χ4v) is 1.82. The van der Waals surface area contributed by atoms with E-state index in [2.05, 4.69) is 11.8 Å². The summed E-state index contributed by atoms with van der Waals surface area (Å²) in [4.78, 5) is 0. The van der Waals surface area contributed by atoms with Crippen LogP contribution in [0.2, 0.25) is 0 Å². The van der Waals surface area contributed by atoms with Gasteiger partial charge in [0.2, 0.25) is 0 Å². The quantitative estimate of drug-likeness (QED) is 0.656. The molecule has 1 N–H and O–H groups in total. The van der Waals surface area contributed by atoms with Crippen LogP contribution >= 0.6 is 0 Å². The van der Waals surface area contributed by atoms with Crippen LogP contribution in [0.1, 0.15) is 29.9 Å². The molecule has 0 atom stereocenters. The molecule has 0 saturated heterocycles. The van der Waals surface area contributed by atoms with Gasteiger partial charge in [-0.05, 0) is 37.1 Å². The van der Waals surface area contributed by atoms with Gasteiger partial charge in [0, 0.05) is 18.6 Å². The lowest BCUT2D eigenvalue weighted by Gasteiger charge is -1.94. The monoisotopic (exact) mass is 254 g/mol. The van der Waals surface area contributed by atoms with Gasteiger partial charge in [-0.3, -0.25) is 0 Å². The van der Waals surface area contributed by atoms with Gasteiger partial charge in [-0.2, -0.15) is 0 Å². The number of furan rings is 1. The molecule has 0 spiro atoms. The molecule has 0 saturated carbocycles. The molecule has 0 fully saturated rings. The number of benzene rings is 1. The Morgan fingerprint density at radius 2 is 1.74 bits per heavy atom. The fraction of sp³-hybridized carbons (Fsp3) is 0.294. The Labute approximate surface area is 114 Å². The number of rotatable bonds is 5. The standard InChI is InChI=1S/C17H18O2/c18-14-5-4-10-16-12-13-17(19-16)11-6-9-15-7-2-1-3-8-15/h1-3,7-8,12-13,18H,4-5,10-11,14H2. The van der Waals surface area contributed by atoms with Gasteiger partial charge in [-0.15, -0.1) is 0 Å². The maximum atomic E-state index is 8.72. The number of aryl methyl sites for hydroxylation is 1. The van der Waals surface area contributed by atoms with Crippen molar-refractivity contribution in [2.24, 2.45) is 0 Å². The molecular weight excluding hydrogens is 236 g/mol. The van der Waals surface area contributed by atoms with Crippen LogP contribution in [0.15, 0.2) is 46.9 Å². The first-order chi connectivity index (χ1) is 9.38. The fourth-order valence-electron chi connectivity index (χ4n) is 1.82. The molecule has 2 heteroatoms. The van der Waals surface area contributed by atoms with Gasteiger partial charge in [0.25, 0.3) is 0 Å². The van der Waals surface area contributed by atoms with Crippen LogP contribution in [-0.2, 0) is 12.8 Å². The minimum Gasteiger partial charge on any atom is -0.465 e. The SMILES string of the molecule is OCCCCc1ccc(CC#Cc2ccccc2)o1. The Hall–Kier alpha value is -1.98. The lowest BCUT2D eigenvalue weighted by Crippen LogP contribution is -1.86. The van der Waals surface area contributed by atoms with E-state index in [0.717, 1.165) is 36.3 Å². The smallest absolute Gasteiger partial charge is 0.116 e. The van der Waals surface area contributed by atoms with Gasteiger partial charge in [-0.1, -0.05) is 30.0 Å². The van der Waals surface area contributed by atoms with Crippen molar-refractivity contribution >= 4 is 0 Å². The van der Waals surface area contributed by atoms with Crippen molar-refractivity contribution < 1.29 is 9.52 Å². The third-order valence-electron chi connectivity index (χ3n) is 2.82. The van der Waals surface area contributed by atoms with Crippen molar-refractivity contribution in [3.05, 3.63) is 59.5 Å². The predicted molar refractivity (Wildman–Crippen MR) is 75.8 cm³/mol. The van der Waals surface area contributed by atoms with Crippen LogP contribution in [0.3, 0.4) is 0 Å². The Kier molecular flexibility index (Phi) is 5.28. The molecule has 1 heterocycles. The number of aliphatic hydroxyl groups excluding tert-OH is 1. The van der Waals surface area contributed by atoms with E-state index in [4.69, 9.17) is 9.52 Å². The van der Waals surface area contributed by atoms with Gasteiger partial charge in [-0.25, -0.2) is 0 Å². The summed E-state index contributed by atoms with van der Waals surface area (Å²) in [5.41, 5.74) is 1.03. The van der Waals surface area contributed by atoms with Gasteiger partial charge < -0.3 is 9.52 Å². The molecule has 98 valence electrons. The van der Waals surface area contributed by atoms with Crippen LogP contribution in [0.4, 0.5) is 0 Å². The summed E-state index contributed by atoms with van der Waals surface area (Å²) >= 11 is 0. The second kappa shape index (κ2) is 7.45. The second-order valence-corrected chi connectivity index (χ2v) is 4.39. The summed E-state index contributed by atoms with van der Waals surface area (Å²) in [6.07, 6.45) is 3.30. The summed E-state index contributed by atoms with van der Waals surface area (Å²) in [6.45, 7) is 0.246. The summed E-state index contributed by atoms with van der Waals surface area (Å²) in [7, 11) is 0. The predicted octanol–water partition coefficient (Wildman–Crippen LogP) is 3.19. The van der Waals surface area contributed by atoms with Crippen molar-refractivity contribution in [2.75, 3.05) is 6.61 Å².